The molecule has 2 fully saturated rings. The highest BCUT2D eigenvalue weighted by Crippen LogP contribution is 2.30. The SMILES string of the molecule is COc1ccc([C@@H](CNCc2cnn([C@]3(C)CCS(=O)(=O)C3)c2)N2CCOCC2)cc1. The summed E-state index contributed by atoms with van der Waals surface area (Å²) < 4.78 is 36.5. The van der Waals surface area contributed by atoms with Crippen molar-refractivity contribution in [3.8, 4) is 5.75 Å². The fraction of sp³-hybridized carbons (Fsp3) is 0.591. The first-order chi connectivity index (χ1) is 14.9. The summed E-state index contributed by atoms with van der Waals surface area (Å²) >= 11 is 0. The third-order valence-electron chi connectivity index (χ3n) is 6.33. The molecule has 2 atom stereocenters. The molecular weight excluding hydrogens is 416 g/mol. The quantitative estimate of drug-likeness (QED) is 0.656. The Kier molecular flexibility index (Phi) is 6.66. The molecule has 0 saturated carbocycles. The molecule has 3 heterocycles. The van der Waals surface area contributed by atoms with Gasteiger partial charge in [0, 0.05) is 44.0 Å². The van der Waals surface area contributed by atoms with Crippen LogP contribution in [0.15, 0.2) is 36.7 Å². The Morgan fingerprint density at radius 2 is 2.00 bits per heavy atom. The molecule has 0 radical (unpaired) electrons. The molecule has 0 spiro atoms. The van der Waals surface area contributed by atoms with Crippen molar-refractivity contribution < 1.29 is 17.9 Å². The van der Waals surface area contributed by atoms with Gasteiger partial charge in [0.2, 0.25) is 0 Å². The monoisotopic (exact) mass is 448 g/mol. The van der Waals surface area contributed by atoms with E-state index < -0.39 is 15.4 Å². The summed E-state index contributed by atoms with van der Waals surface area (Å²) in [4.78, 5) is 2.45. The van der Waals surface area contributed by atoms with E-state index >= 15 is 0 Å². The van der Waals surface area contributed by atoms with E-state index in [1.54, 1.807) is 7.11 Å². The van der Waals surface area contributed by atoms with E-state index in [9.17, 15) is 8.42 Å². The molecule has 0 amide bonds. The molecule has 170 valence electrons. The highest BCUT2D eigenvalue weighted by atomic mass is 32.2. The van der Waals surface area contributed by atoms with Crippen molar-refractivity contribution in [2.24, 2.45) is 0 Å². The average molecular weight is 449 g/mol. The smallest absolute Gasteiger partial charge is 0.152 e. The topological polar surface area (TPSA) is 85.7 Å². The molecule has 2 saturated heterocycles. The number of hydrogen-bond acceptors (Lipinski definition) is 7. The molecule has 9 heteroatoms. The summed E-state index contributed by atoms with van der Waals surface area (Å²) in [7, 11) is -1.29. The van der Waals surface area contributed by atoms with E-state index in [0.717, 1.165) is 44.2 Å². The molecule has 2 aliphatic heterocycles. The van der Waals surface area contributed by atoms with Gasteiger partial charge >= 0.3 is 0 Å². The maximum absolute atomic E-state index is 11.9. The highest BCUT2D eigenvalue weighted by molar-refractivity contribution is 7.91. The van der Waals surface area contributed by atoms with E-state index in [1.165, 1.54) is 5.56 Å². The minimum absolute atomic E-state index is 0.158. The van der Waals surface area contributed by atoms with E-state index in [4.69, 9.17) is 9.47 Å². The van der Waals surface area contributed by atoms with Crippen molar-refractivity contribution in [2.45, 2.75) is 31.5 Å². The number of rotatable bonds is 8. The van der Waals surface area contributed by atoms with Crippen LogP contribution in [0.1, 0.15) is 30.5 Å². The standard InChI is InChI=1S/C22H32N4O4S/c1-22(7-12-31(27,28)17-22)26-16-18(14-24-26)13-23-15-21(25-8-10-30-11-9-25)19-3-5-20(29-2)6-4-19/h3-6,14,16,21,23H,7-13,15,17H2,1-2H3/t21-,22-/m1/s1. The molecule has 31 heavy (non-hydrogen) atoms. The van der Waals surface area contributed by atoms with Crippen molar-refractivity contribution in [3.63, 3.8) is 0 Å². The summed E-state index contributed by atoms with van der Waals surface area (Å²) in [5.74, 6) is 1.25. The molecule has 1 N–H and O–H groups in total. The predicted octanol–water partition coefficient (Wildman–Crippen LogP) is 1.59. The first-order valence-corrected chi connectivity index (χ1v) is 12.6. The van der Waals surface area contributed by atoms with E-state index in [1.807, 2.05) is 36.1 Å². The average Bonchev–Trinajstić information content (AvgIpc) is 3.37. The largest absolute Gasteiger partial charge is 0.497 e. The number of sulfone groups is 1. The van der Waals surface area contributed by atoms with Gasteiger partial charge in [0.15, 0.2) is 9.84 Å². The Labute approximate surface area is 184 Å². The molecule has 2 aliphatic rings. The maximum atomic E-state index is 11.9. The van der Waals surface area contributed by atoms with Gasteiger partial charge in [-0.05, 0) is 31.0 Å². The van der Waals surface area contributed by atoms with Gasteiger partial charge in [-0.15, -0.1) is 0 Å². The number of aromatic nitrogens is 2. The van der Waals surface area contributed by atoms with Gasteiger partial charge in [-0.25, -0.2) is 8.42 Å². The van der Waals surface area contributed by atoms with Crippen LogP contribution in [0.5, 0.6) is 5.75 Å². The first kappa shape index (κ1) is 22.3. The molecule has 1 aromatic heterocycles. The zero-order chi connectivity index (χ0) is 21.9. The lowest BCUT2D eigenvalue weighted by Crippen LogP contribution is -2.42. The normalized spacial score (nSPS) is 24.8. The maximum Gasteiger partial charge on any atom is 0.152 e. The van der Waals surface area contributed by atoms with Gasteiger partial charge in [-0.3, -0.25) is 9.58 Å². The van der Waals surface area contributed by atoms with E-state index in [2.05, 4.69) is 27.4 Å². The number of hydrogen-bond donors (Lipinski definition) is 1. The molecule has 8 nitrogen and oxygen atoms in total. The highest BCUT2D eigenvalue weighted by Gasteiger charge is 2.40. The zero-order valence-electron chi connectivity index (χ0n) is 18.3. The second kappa shape index (κ2) is 9.28. The summed E-state index contributed by atoms with van der Waals surface area (Å²) in [6.07, 6.45) is 4.42. The Morgan fingerprint density at radius 1 is 1.26 bits per heavy atom. The molecule has 0 aliphatic carbocycles. The molecule has 0 unspecified atom stereocenters. The predicted molar refractivity (Wildman–Crippen MR) is 119 cm³/mol. The Balaban J connectivity index is 1.40. The third-order valence-corrected chi connectivity index (χ3v) is 8.21. The Hall–Kier alpha value is -1.94. The fourth-order valence-electron chi connectivity index (χ4n) is 4.45. The van der Waals surface area contributed by atoms with Crippen LogP contribution >= 0.6 is 0 Å². The van der Waals surface area contributed by atoms with Crippen molar-refractivity contribution >= 4 is 9.84 Å². The first-order valence-electron chi connectivity index (χ1n) is 10.8. The van der Waals surface area contributed by atoms with Crippen LogP contribution in [-0.2, 0) is 26.7 Å². The third kappa shape index (κ3) is 5.28. The van der Waals surface area contributed by atoms with Crippen LogP contribution in [0, 0.1) is 0 Å². The van der Waals surface area contributed by atoms with Crippen LogP contribution in [0.4, 0.5) is 0 Å². The lowest BCUT2D eigenvalue weighted by Gasteiger charge is -2.35. The van der Waals surface area contributed by atoms with Crippen molar-refractivity contribution in [1.82, 2.24) is 20.0 Å². The van der Waals surface area contributed by atoms with Gasteiger partial charge in [-0.2, -0.15) is 5.10 Å². The Morgan fingerprint density at radius 3 is 2.65 bits per heavy atom. The summed E-state index contributed by atoms with van der Waals surface area (Å²) in [5.41, 5.74) is 1.85. The number of morpholine rings is 1. The van der Waals surface area contributed by atoms with Crippen LogP contribution in [0.3, 0.4) is 0 Å². The zero-order valence-corrected chi connectivity index (χ0v) is 19.1. The van der Waals surface area contributed by atoms with Crippen LogP contribution in [0.25, 0.3) is 0 Å². The van der Waals surface area contributed by atoms with Crippen molar-refractivity contribution in [2.75, 3.05) is 51.5 Å². The molecular formula is C22H32N4O4S. The molecule has 2 aromatic rings. The molecule has 4 rings (SSSR count). The van der Waals surface area contributed by atoms with E-state index in [-0.39, 0.29) is 17.5 Å². The number of ether oxygens (including phenoxy) is 2. The lowest BCUT2D eigenvalue weighted by atomic mass is 10.0. The summed E-state index contributed by atoms with van der Waals surface area (Å²) in [6.45, 7) is 6.76. The van der Waals surface area contributed by atoms with Crippen LogP contribution < -0.4 is 10.1 Å². The second-order valence-electron chi connectivity index (χ2n) is 8.70. The molecule has 0 bridgehead atoms. The summed E-state index contributed by atoms with van der Waals surface area (Å²) in [6, 6.07) is 8.49. The number of nitrogens with zero attached hydrogens (tertiary/aromatic N) is 3. The van der Waals surface area contributed by atoms with Gasteiger partial charge < -0.3 is 14.8 Å². The van der Waals surface area contributed by atoms with Gasteiger partial charge in [0.1, 0.15) is 5.75 Å². The second-order valence-corrected chi connectivity index (χ2v) is 10.9. The van der Waals surface area contributed by atoms with Gasteiger partial charge in [0.05, 0.1) is 43.6 Å². The van der Waals surface area contributed by atoms with Crippen LogP contribution in [0.2, 0.25) is 0 Å². The summed E-state index contributed by atoms with van der Waals surface area (Å²) in [5, 5.41) is 8.05. The van der Waals surface area contributed by atoms with Crippen LogP contribution in [-0.4, -0.2) is 74.6 Å². The minimum Gasteiger partial charge on any atom is -0.497 e. The number of nitrogens with one attached hydrogen (secondary N) is 1. The number of methoxy groups -OCH3 is 1. The van der Waals surface area contributed by atoms with E-state index in [0.29, 0.717) is 13.0 Å². The lowest BCUT2D eigenvalue weighted by molar-refractivity contribution is 0.0161. The number of benzene rings is 1. The fourth-order valence-corrected chi connectivity index (χ4v) is 6.57. The Bertz CT molecular complexity index is 970. The van der Waals surface area contributed by atoms with Gasteiger partial charge in [-0.1, -0.05) is 12.1 Å². The van der Waals surface area contributed by atoms with Gasteiger partial charge in [0.25, 0.3) is 0 Å². The molecule has 1 aromatic carbocycles. The van der Waals surface area contributed by atoms with Crippen molar-refractivity contribution in [3.05, 3.63) is 47.8 Å². The van der Waals surface area contributed by atoms with Crippen molar-refractivity contribution in [1.29, 1.82) is 0 Å². The minimum atomic E-state index is -2.97.